The lowest BCUT2D eigenvalue weighted by Gasteiger charge is -2.36. The quantitative estimate of drug-likeness (QED) is 0.0781. The first kappa shape index (κ1) is 45.4. The number of aromatic nitrogens is 2. The number of primary amides is 1. The molecule has 322 valence electrons. The predicted molar refractivity (Wildman–Crippen MR) is 219 cm³/mol. The molecule has 18 nitrogen and oxygen atoms in total. The summed E-state index contributed by atoms with van der Waals surface area (Å²) in [5.74, 6) is -6.22. The van der Waals surface area contributed by atoms with E-state index in [-0.39, 0.29) is 62.9 Å². The van der Waals surface area contributed by atoms with Crippen LogP contribution in [0.2, 0.25) is 0 Å². The van der Waals surface area contributed by atoms with E-state index >= 15 is 0 Å². The number of hydrogen-bond donors (Lipinski definition) is 6. The molecule has 0 saturated heterocycles. The molecule has 0 bridgehead atoms. The van der Waals surface area contributed by atoms with Gasteiger partial charge < -0.3 is 46.6 Å². The summed E-state index contributed by atoms with van der Waals surface area (Å²) in [7, 11) is 0. The van der Waals surface area contributed by atoms with Crippen LogP contribution in [0.1, 0.15) is 89.8 Å². The maximum absolute atomic E-state index is 14.0. The van der Waals surface area contributed by atoms with E-state index in [0.717, 1.165) is 15.4 Å². The maximum atomic E-state index is 14.0. The Morgan fingerprint density at radius 1 is 1.07 bits per heavy atom. The van der Waals surface area contributed by atoms with Crippen LogP contribution < -0.4 is 33.0 Å². The van der Waals surface area contributed by atoms with Crippen molar-refractivity contribution in [2.45, 2.75) is 110 Å². The molecule has 2 aliphatic rings. The summed E-state index contributed by atoms with van der Waals surface area (Å²) in [6.07, 6.45) is -1.38. The Bertz CT molecular complexity index is 2310. The zero-order valence-electron chi connectivity index (χ0n) is 34.0. The zero-order valence-corrected chi connectivity index (χ0v) is 35.6. The van der Waals surface area contributed by atoms with Gasteiger partial charge in [0, 0.05) is 34.0 Å². The van der Waals surface area contributed by atoms with Crippen molar-refractivity contribution in [3.05, 3.63) is 61.8 Å². The van der Waals surface area contributed by atoms with Gasteiger partial charge in [0.25, 0.3) is 5.56 Å². The molecule has 60 heavy (non-hydrogen) atoms. The molecule has 0 aliphatic carbocycles. The second-order valence-corrected chi connectivity index (χ2v) is 17.1. The molecular formula is C41H50BrN7O11. The molecule has 1 aromatic carbocycles. The molecule has 8 N–H and O–H groups in total. The van der Waals surface area contributed by atoms with Gasteiger partial charge in [-0.05, 0) is 54.9 Å². The molecule has 0 spiro atoms. The molecule has 5 rings (SSSR count). The Labute approximate surface area is 353 Å². The Morgan fingerprint density at radius 2 is 1.78 bits per heavy atom. The molecule has 2 aliphatic heterocycles. The minimum absolute atomic E-state index is 0.0538. The fourth-order valence-corrected chi connectivity index (χ4v) is 7.75. The van der Waals surface area contributed by atoms with Crippen LogP contribution in [-0.4, -0.2) is 80.9 Å². The number of nitrogens with two attached hydrogens (primary N) is 2. The number of carbonyl (C=O) groups is 7. The van der Waals surface area contributed by atoms with Crippen molar-refractivity contribution in [3.63, 3.8) is 0 Å². The number of hydrogen-bond acceptors (Lipinski definition) is 12. The molecule has 0 fully saturated rings. The standard InChI is InChI=1S/C41H50BrN7O11/c1-6-41(24-15-29-34-21(14-22-25(42)8-7-9-27(22)46-34)17-49(29)38(57)23(24)18-59-39(41)58)60-32(53)16-40(4,5)19-45-36(55)28(11-10-26(43)35(44)54)47-37(56)33(20(2)3)48-30(50)12-13-31(51)52/h7-9,14-15,20,26,28,33H,6,10-13,16-19,43H2,1-5H3,(H2,44,54)(H,45,55)(H,47,56)(H,48,50)(H,51,52)/t26?,28-,33-,41-/m0/s1. The summed E-state index contributed by atoms with van der Waals surface area (Å²) in [4.78, 5) is 108. The number of ether oxygens (including phenoxy) is 2. The van der Waals surface area contributed by atoms with Crippen LogP contribution in [0.15, 0.2) is 39.6 Å². The van der Waals surface area contributed by atoms with E-state index in [1.54, 1.807) is 45.3 Å². The van der Waals surface area contributed by atoms with Gasteiger partial charge in [0.05, 0.1) is 47.9 Å². The highest BCUT2D eigenvalue weighted by Gasteiger charge is 2.51. The number of amides is 4. The van der Waals surface area contributed by atoms with Crippen molar-refractivity contribution in [2.24, 2.45) is 22.8 Å². The highest BCUT2D eigenvalue weighted by Crippen LogP contribution is 2.42. The van der Waals surface area contributed by atoms with E-state index in [1.807, 2.05) is 24.3 Å². The van der Waals surface area contributed by atoms with E-state index in [0.29, 0.717) is 16.9 Å². The number of cyclic esters (lactones) is 1. The average molecular weight is 897 g/mol. The first-order valence-electron chi connectivity index (χ1n) is 19.6. The summed E-state index contributed by atoms with van der Waals surface area (Å²) >= 11 is 3.56. The molecule has 19 heteroatoms. The summed E-state index contributed by atoms with van der Waals surface area (Å²) in [6, 6.07) is 5.71. The summed E-state index contributed by atoms with van der Waals surface area (Å²) in [6.45, 7) is 8.09. The smallest absolute Gasteiger partial charge is 0.355 e. The minimum atomic E-state index is -1.95. The molecule has 4 amide bonds. The lowest BCUT2D eigenvalue weighted by atomic mass is 9.84. The van der Waals surface area contributed by atoms with Crippen molar-refractivity contribution in [2.75, 3.05) is 6.54 Å². The van der Waals surface area contributed by atoms with Crippen LogP contribution in [0.5, 0.6) is 0 Å². The van der Waals surface area contributed by atoms with Crippen molar-refractivity contribution in [3.8, 4) is 11.4 Å². The second-order valence-electron chi connectivity index (χ2n) is 16.2. The number of rotatable bonds is 18. The number of carboxylic acid groups (broad SMARTS) is 1. The number of nitrogens with one attached hydrogen (secondary N) is 3. The summed E-state index contributed by atoms with van der Waals surface area (Å²) < 4.78 is 13.9. The lowest BCUT2D eigenvalue weighted by Crippen LogP contribution is -2.56. The van der Waals surface area contributed by atoms with Crippen LogP contribution in [-0.2, 0) is 61.8 Å². The Hall–Kier alpha value is -5.69. The first-order valence-corrected chi connectivity index (χ1v) is 20.4. The average Bonchev–Trinajstić information content (AvgIpc) is 3.54. The number of esters is 2. The Balaban J connectivity index is 1.32. The first-order chi connectivity index (χ1) is 28.2. The molecule has 4 heterocycles. The van der Waals surface area contributed by atoms with Crippen molar-refractivity contribution < 1.29 is 48.1 Å². The molecule has 2 aromatic heterocycles. The van der Waals surface area contributed by atoms with Gasteiger partial charge in [-0.25, -0.2) is 9.78 Å². The molecule has 3 aromatic rings. The number of pyridine rings is 2. The van der Waals surface area contributed by atoms with Crippen LogP contribution in [0.4, 0.5) is 0 Å². The fraction of sp³-hybridized carbons (Fsp3) is 0.488. The predicted octanol–water partition coefficient (Wildman–Crippen LogP) is 2.01. The van der Waals surface area contributed by atoms with Gasteiger partial charge in [0.15, 0.2) is 0 Å². The van der Waals surface area contributed by atoms with E-state index in [2.05, 4.69) is 31.9 Å². The molecule has 1 unspecified atom stereocenters. The van der Waals surface area contributed by atoms with E-state index in [9.17, 15) is 38.4 Å². The van der Waals surface area contributed by atoms with Gasteiger partial charge in [-0.15, -0.1) is 0 Å². The van der Waals surface area contributed by atoms with Crippen LogP contribution in [0.3, 0.4) is 0 Å². The van der Waals surface area contributed by atoms with Gasteiger partial charge in [-0.3, -0.25) is 33.6 Å². The third kappa shape index (κ3) is 9.84. The van der Waals surface area contributed by atoms with Crippen LogP contribution in [0.25, 0.3) is 22.3 Å². The van der Waals surface area contributed by atoms with E-state index in [4.69, 9.17) is 31.0 Å². The minimum Gasteiger partial charge on any atom is -0.481 e. The molecule has 0 radical (unpaired) electrons. The van der Waals surface area contributed by atoms with Gasteiger partial charge in [0.1, 0.15) is 18.7 Å². The number of fused-ring (bicyclic) bond motifs is 5. The Kier molecular flexibility index (Phi) is 13.8. The van der Waals surface area contributed by atoms with Crippen LogP contribution in [0, 0.1) is 11.3 Å². The normalized spacial score (nSPS) is 17.0. The van der Waals surface area contributed by atoms with Crippen LogP contribution >= 0.6 is 15.9 Å². The highest BCUT2D eigenvalue weighted by atomic mass is 79.9. The summed E-state index contributed by atoms with van der Waals surface area (Å²) in [5.41, 5.74) is 10.7. The number of carboxylic acids is 1. The van der Waals surface area contributed by atoms with Gasteiger partial charge in [-0.2, -0.15) is 0 Å². The van der Waals surface area contributed by atoms with Crippen molar-refractivity contribution in [1.29, 1.82) is 0 Å². The van der Waals surface area contributed by atoms with E-state index in [1.165, 1.54) is 0 Å². The molecule has 4 atom stereocenters. The van der Waals surface area contributed by atoms with Gasteiger partial charge in [-0.1, -0.05) is 56.6 Å². The largest absolute Gasteiger partial charge is 0.481 e. The number of carbonyl (C=O) groups excluding carboxylic acids is 6. The van der Waals surface area contributed by atoms with Crippen molar-refractivity contribution >= 4 is 68.4 Å². The SMILES string of the molecule is CC[C@@]1(OC(=O)CC(C)(C)CNC(=O)[C@H](CCC(N)C(N)=O)NC(=O)[C@@H](NC(=O)CCC(=O)O)C(C)C)C(=O)OCc2c1cc1n(c2=O)Cc2cc3c(Br)cccc3nc2-1. The fourth-order valence-electron chi connectivity index (χ4n) is 7.28. The zero-order chi connectivity index (χ0) is 44.3. The maximum Gasteiger partial charge on any atom is 0.355 e. The number of benzene rings is 1. The van der Waals surface area contributed by atoms with Gasteiger partial charge in [0.2, 0.25) is 29.2 Å². The lowest BCUT2D eigenvalue weighted by molar-refractivity contribution is -0.190. The second kappa shape index (κ2) is 18.3. The number of nitrogens with zero attached hydrogens (tertiary/aromatic N) is 2. The van der Waals surface area contributed by atoms with Crippen molar-refractivity contribution in [1.82, 2.24) is 25.5 Å². The van der Waals surface area contributed by atoms with E-state index < -0.39 is 88.6 Å². The highest BCUT2D eigenvalue weighted by molar-refractivity contribution is 9.10. The topological polar surface area (TPSA) is 281 Å². The monoisotopic (exact) mass is 895 g/mol. The van der Waals surface area contributed by atoms with Gasteiger partial charge >= 0.3 is 17.9 Å². The third-order valence-electron chi connectivity index (χ3n) is 10.7. The number of aliphatic carboxylic acids is 1. The Morgan fingerprint density at radius 3 is 2.43 bits per heavy atom. The third-order valence-corrected chi connectivity index (χ3v) is 11.4. The molecule has 0 saturated carbocycles. The summed E-state index contributed by atoms with van der Waals surface area (Å²) in [5, 5.41) is 17.6. The number of halogens is 1. The molecular weight excluding hydrogens is 846 g/mol.